The predicted molar refractivity (Wildman–Crippen MR) is 110 cm³/mol. The third-order valence-corrected chi connectivity index (χ3v) is 4.57. The summed E-state index contributed by atoms with van der Waals surface area (Å²) in [6.07, 6.45) is 8.37. The first-order valence-electron chi connectivity index (χ1n) is 8.98. The van der Waals surface area contributed by atoms with E-state index in [2.05, 4.69) is 32.4 Å². The minimum absolute atomic E-state index is 0.397. The maximum atomic E-state index is 5.34. The van der Waals surface area contributed by atoms with E-state index in [1.807, 2.05) is 36.5 Å². The second kappa shape index (κ2) is 9.11. The Morgan fingerprint density at radius 2 is 2.11 bits per heavy atom. The van der Waals surface area contributed by atoms with Crippen LogP contribution >= 0.6 is 0 Å². The Hall–Kier alpha value is -2.97. The molecule has 2 aromatic rings. The molecule has 0 aliphatic carbocycles. The lowest BCUT2D eigenvalue weighted by atomic mass is 10.1. The molecule has 0 atom stereocenters. The number of nitrogens with two attached hydrogens (primary N) is 2. The molecule has 1 aromatic carbocycles. The molecule has 5 N–H and O–H groups in total. The van der Waals surface area contributed by atoms with Crippen molar-refractivity contribution in [1.29, 1.82) is 0 Å². The molecule has 1 aliphatic rings. The topological polar surface area (TPSA) is 109 Å². The summed E-state index contributed by atoms with van der Waals surface area (Å²) in [6, 6.07) is 8.05. The highest BCUT2D eigenvalue weighted by atomic mass is 15.3. The molecular weight excluding hydrogens is 340 g/mol. The summed E-state index contributed by atoms with van der Waals surface area (Å²) in [4.78, 5) is 13.9. The molecular formula is C19H26N8. The molecule has 1 aliphatic heterocycles. The summed E-state index contributed by atoms with van der Waals surface area (Å²) >= 11 is 0. The lowest BCUT2D eigenvalue weighted by Gasteiger charge is -2.21. The summed E-state index contributed by atoms with van der Waals surface area (Å²) in [7, 11) is 2.16. The van der Waals surface area contributed by atoms with E-state index in [9.17, 15) is 0 Å². The van der Waals surface area contributed by atoms with Gasteiger partial charge in [0, 0.05) is 25.2 Å². The fourth-order valence-electron chi connectivity index (χ4n) is 3.03. The molecule has 1 fully saturated rings. The van der Waals surface area contributed by atoms with Gasteiger partial charge >= 0.3 is 0 Å². The summed E-state index contributed by atoms with van der Waals surface area (Å²) in [5, 5.41) is 3.54. The first-order valence-corrected chi connectivity index (χ1v) is 8.98. The van der Waals surface area contributed by atoms with Gasteiger partial charge in [-0.05, 0) is 37.7 Å². The molecule has 0 amide bonds. The van der Waals surface area contributed by atoms with Crippen LogP contribution in [0.4, 0.5) is 5.82 Å². The van der Waals surface area contributed by atoms with Crippen molar-refractivity contribution in [3.05, 3.63) is 48.3 Å². The van der Waals surface area contributed by atoms with Gasteiger partial charge in [-0.2, -0.15) is 5.10 Å². The van der Waals surface area contributed by atoms with Crippen LogP contribution in [0.1, 0.15) is 12.0 Å². The average Bonchev–Trinajstić information content (AvgIpc) is 2.94. The van der Waals surface area contributed by atoms with Crippen LogP contribution in [-0.4, -0.2) is 53.9 Å². The predicted octanol–water partition coefficient (Wildman–Crippen LogP) is 1.03. The van der Waals surface area contributed by atoms with Gasteiger partial charge in [0.25, 0.3) is 0 Å². The SMILES string of the molecule is CN1CCCN(c2cncc(-c3cccc(/C=C/C(=N/N)NN)c3)n2)CC1. The van der Waals surface area contributed by atoms with Crippen LogP contribution in [-0.2, 0) is 0 Å². The Kier molecular flexibility index (Phi) is 6.35. The van der Waals surface area contributed by atoms with Gasteiger partial charge in [0.15, 0.2) is 5.84 Å². The number of amidine groups is 1. The van der Waals surface area contributed by atoms with Crippen LogP contribution in [0.3, 0.4) is 0 Å². The van der Waals surface area contributed by atoms with Crippen LogP contribution in [0.25, 0.3) is 17.3 Å². The van der Waals surface area contributed by atoms with E-state index >= 15 is 0 Å². The van der Waals surface area contributed by atoms with Crippen molar-refractivity contribution >= 4 is 17.7 Å². The van der Waals surface area contributed by atoms with Crippen LogP contribution in [0.5, 0.6) is 0 Å². The largest absolute Gasteiger partial charge is 0.354 e. The van der Waals surface area contributed by atoms with Gasteiger partial charge in [0.05, 0.1) is 18.1 Å². The first kappa shape index (κ1) is 18.8. The van der Waals surface area contributed by atoms with E-state index in [0.29, 0.717) is 5.84 Å². The van der Waals surface area contributed by atoms with Gasteiger partial charge in [-0.1, -0.05) is 24.3 Å². The zero-order valence-electron chi connectivity index (χ0n) is 15.5. The molecule has 8 nitrogen and oxygen atoms in total. The molecule has 3 rings (SSSR count). The van der Waals surface area contributed by atoms with Crippen molar-refractivity contribution < 1.29 is 0 Å². The van der Waals surface area contributed by atoms with Crippen LogP contribution in [0.2, 0.25) is 0 Å². The maximum Gasteiger partial charge on any atom is 0.159 e. The van der Waals surface area contributed by atoms with E-state index in [1.165, 1.54) is 0 Å². The molecule has 0 bridgehead atoms. The standard InChI is InChI=1S/C19H26N8/c1-26-8-3-9-27(11-10-26)19-14-22-13-17(23-19)16-5-2-4-15(12-16)6-7-18(24-20)25-21/h2,4-7,12-14H,3,8-11,20-21H2,1H3,(H,24,25)/b7-6+. The number of anilines is 1. The van der Waals surface area contributed by atoms with Crippen molar-refractivity contribution in [3.63, 3.8) is 0 Å². The van der Waals surface area contributed by atoms with Crippen molar-refractivity contribution in [3.8, 4) is 11.3 Å². The van der Waals surface area contributed by atoms with Crippen LogP contribution in [0.15, 0.2) is 47.8 Å². The lowest BCUT2D eigenvalue weighted by molar-refractivity contribution is 0.360. The third kappa shape index (κ3) is 5.02. The number of hydrazone groups is 1. The molecule has 2 heterocycles. The fraction of sp³-hybridized carbons (Fsp3) is 0.316. The Morgan fingerprint density at radius 1 is 1.22 bits per heavy atom. The van der Waals surface area contributed by atoms with E-state index in [4.69, 9.17) is 16.7 Å². The first-order chi connectivity index (χ1) is 13.2. The molecule has 142 valence electrons. The van der Waals surface area contributed by atoms with Crippen molar-refractivity contribution in [2.75, 3.05) is 38.1 Å². The van der Waals surface area contributed by atoms with E-state index < -0.39 is 0 Å². The van der Waals surface area contributed by atoms with Crippen molar-refractivity contribution in [1.82, 2.24) is 20.3 Å². The van der Waals surface area contributed by atoms with E-state index in [-0.39, 0.29) is 0 Å². The smallest absolute Gasteiger partial charge is 0.159 e. The number of rotatable bonds is 4. The van der Waals surface area contributed by atoms with E-state index in [0.717, 1.165) is 55.2 Å². The number of nitrogens with zero attached hydrogens (tertiary/aromatic N) is 5. The zero-order valence-corrected chi connectivity index (χ0v) is 15.5. The summed E-state index contributed by atoms with van der Waals surface area (Å²) in [5.74, 6) is 11.9. The monoisotopic (exact) mass is 366 g/mol. The molecule has 0 unspecified atom stereocenters. The molecule has 0 radical (unpaired) electrons. The molecule has 1 saturated heterocycles. The number of aromatic nitrogens is 2. The molecule has 27 heavy (non-hydrogen) atoms. The van der Waals surface area contributed by atoms with Crippen molar-refractivity contribution in [2.24, 2.45) is 16.8 Å². The number of benzene rings is 1. The van der Waals surface area contributed by atoms with Crippen LogP contribution < -0.4 is 22.0 Å². The fourth-order valence-corrected chi connectivity index (χ4v) is 3.03. The minimum atomic E-state index is 0.397. The van der Waals surface area contributed by atoms with Gasteiger partial charge in [0.1, 0.15) is 5.82 Å². The number of likely N-dealkylation sites (N-methyl/N-ethyl adjacent to an activating group) is 1. The Bertz CT molecular complexity index is 817. The number of nitrogens with one attached hydrogen (secondary N) is 1. The Labute approximate surface area is 159 Å². The van der Waals surface area contributed by atoms with Gasteiger partial charge in [-0.15, -0.1) is 0 Å². The van der Waals surface area contributed by atoms with Crippen molar-refractivity contribution in [2.45, 2.75) is 6.42 Å². The normalized spacial score (nSPS) is 16.5. The summed E-state index contributed by atoms with van der Waals surface area (Å²) in [5.41, 5.74) is 5.28. The Morgan fingerprint density at radius 3 is 2.93 bits per heavy atom. The summed E-state index contributed by atoms with van der Waals surface area (Å²) in [6.45, 7) is 4.11. The number of hydrogen-bond donors (Lipinski definition) is 3. The minimum Gasteiger partial charge on any atom is -0.354 e. The van der Waals surface area contributed by atoms with Gasteiger partial charge in [0.2, 0.25) is 0 Å². The second-order valence-electron chi connectivity index (χ2n) is 6.52. The number of hydrazine groups is 1. The van der Waals surface area contributed by atoms with Gasteiger partial charge in [-0.3, -0.25) is 4.98 Å². The highest BCUT2D eigenvalue weighted by Crippen LogP contribution is 2.21. The maximum absolute atomic E-state index is 5.34. The highest BCUT2D eigenvalue weighted by Gasteiger charge is 2.14. The average molecular weight is 366 g/mol. The Balaban J connectivity index is 1.81. The van der Waals surface area contributed by atoms with Gasteiger partial charge in [-0.25, -0.2) is 10.8 Å². The molecule has 1 aromatic heterocycles. The number of hydrogen-bond acceptors (Lipinski definition) is 7. The lowest BCUT2D eigenvalue weighted by Crippen LogP contribution is -2.29. The third-order valence-electron chi connectivity index (χ3n) is 4.57. The van der Waals surface area contributed by atoms with E-state index in [1.54, 1.807) is 12.3 Å². The molecule has 0 saturated carbocycles. The zero-order chi connectivity index (χ0) is 19.1. The summed E-state index contributed by atoms with van der Waals surface area (Å²) < 4.78 is 0. The molecule has 8 heteroatoms. The van der Waals surface area contributed by atoms with Crippen LogP contribution in [0, 0.1) is 0 Å². The molecule has 0 spiro atoms. The van der Waals surface area contributed by atoms with Gasteiger partial charge < -0.3 is 21.1 Å². The highest BCUT2D eigenvalue weighted by molar-refractivity contribution is 5.95. The second-order valence-corrected chi connectivity index (χ2v) is 6.52. The quantitative estimate of drug-likeness (QED) is 0.321.